The highest BCUT2D eigenvalue weighted by molar-refractivity contribution is 7.13. The van der Waals surface area contributed by atoms with Crippen molar-refractivity contribution in [3.8, 4) is 0 Å². The fourth-order valence-electron chi connectivity index (χ4n) is 1.95. The number of nitrogens with zero attached hydrogens (tertiary/aromatic N) is 3. The van der Waals surface area contributed by atoms with Gasteiger partial charge in [0.1, 0.15) is 0 Å². The van der Waals surface area contributed by atoms with E-state index in [-0.39, 0.29) is 0 Å². The molecule has 1 aliphatic heterocycles. The first-order valence-electron chi connectivity index (χ1n) is 5.97. The number of hydrogen-bond donors (Lipinski definition) is 1. The number of anilines is 1. The predicted molar refractivity (Wildman–Crippen MR) is 69.3 cm³/mol. The Morgan fingerprint density at radius 2 is 2.19 bits per heavy atom. The van der Waals surface area contributed by atoms with Gasteiger partial charge in [-0.15, -0.1) is 11.3 Å². The first-order chi connectivity index (χ1) is 7.90. The number of likely N-dealkylation sites (N-methyl/N-ethyl adjacent to an activating group) is 1. The van der Waals surface area contributed by atoms with E-state index in [0.717, 1.165) is 39.3 Å². The number of rotatable bonds is 5. The van der Waals surface area contributed by atoms with Crippen molar-refractivity contribution in [2.45, 2.75) is 6.92 Å². The van der Waals surface area contributed by atoms with E-state index in [1.54, 1.807) is 11.3 Å². The van der Waals surface area contributed by atoms with Gasteiger partial charge in [0, 0.05) is 50.8 Å². The third-order valence-corrected chi connectivity index (χ3v) is 3.75. The highest BCUT2D eigenvalue weighted by atomic mass is 32.1. The fraction of sp³-hybridized carbons (Fsp3) is 0.727. The van der Waals surface area contributed by atoms with Gasteiger partial charge in [-0.2, -0.15) is 0 Å². The van der Waals surface area contributed by atoms with E-state index in [0.29, 0.717) is 0 Å². The average Bonchev–Trinajstić information content (AvgIpc) is 2.84. The van der Waals surface area contributed by atoms with Gasteiger partial charge in [0.25, 0.3) is 0 Å². The number of thiazole rings is 1. The van der Waals surface area contributed by atoms with E-state index >= 15 is 0 Å². The lowest BCUT2D eigenvalue weighted by atomic mass is 10.3. The molecule has 0 radical (unpaired) electrons. The van der Waals surface area contributed by atoms with Crippen LogP contribution in [-0.4, -0.2) is 55.7 Å². The molecule has 0 bridgehead atoms. The Morgan fingerprint density at radius 3 is 2.81 bits per heavy atom. The highest BCUT2D eigenvalue weighted by Crippen LogP contribution is 2.18. The van der Waals surface area contributed by atoms with Gasteiger partial charge in [-0.3, -0.25) is 4.90 Å². The molecule has 5 heteroatoms. The zero-order valence-electron chi connectivity index (χ0n) is 9.85. The third-order valence-electron chi connectivity index (χ3n) is 2.92. The first kappa shape index (κ1) is 11.8. The van der Waals surface area contributed by atoms with E-state index in [4.69, 9.17) is 0 Å². The minimum absolute atomic E-state index is 1.07. The predicted octanol–water partition coefficient (Wildman–Crippen LogP) is 0.875. The Bertz CT molecular complexity index is 280. The normalized spacial score (nSPS) is 17.9. The van der Waals surface area contributed by atoms with Crippen molar-refractivity contribution in [1.82, 2.24) is 15.2 Å². The van der Waals surface area contributed by atoms with Crippen LogP contribution in [0, 0.1) is 0 Å². The monoisotopic (exact) mass is 240 g/mol. The summed E-state index contributed by atoms with van der Waals surface area (Å²) in [5.74, 6) is 0. The third kappa shape index (κ3) is 3.17. The average molecular weight is 240 g/mol. The molecule has 4 nitrogen and oxygen atoms in total. The van der Waals surface area contributed by atoms with Crippen LogP contribution in [0.2, 0.25) is 0 Å². The van der Waals surface area contributed by atoms with Gasteiger partial charge in [0.15, 0.2) is 5.13 Å². The van der Waals surface area contributed by atoms with Gasteiger partial charge < -0.3 is 10.2 Å². The molecule has 0 aliphatic carbocycles. The molecular formula is C11H20N4S. The van der Waals surface area contributed by atoms with E-state index in [1.165, 1.54) is 11.7 Å². The molecule has 2 heterocycles. The summed E-state index contributed by atoms with van der Waals surface area (Å²) in [6.45, 7) is 10.0. The number of hydrogen-bond acceptors (Lipinski definition) is 5. The standard InChI is InChI=1S/C11H20N4S/c1-2-12-3-5-14-6-8-15(9-7-14)11-13-4-10-16-11/h4,10,12H,2-3,5-9H2,1H3. The molecule has 0 amide bonds. The zero-order valence-corrected chi connectivity index (χ0v) is 10.7. The molecule has 90 valence electrons. The summed E-state index contributed by atoms with van der Waals surface area (Å²) in [5, 5.41) is 6.59. The minimum Gasteiger partial charge on any atom is -0.346 e. The molecule has 0 unspecified atom stereocenters. The molecule has 2 rings (SSSR count). The van der Waals surface area contributed by atoms with Crippen LogP contribution in [-0.2, 0) is 0 Å². The van der Waals surface area contributed by atoms with Crippen LogP contribution in [0.3, 0.4) is 0 Å². The summed E-state index contributed by atoms with van der Waals surface area (Å²) in [5.41, 5.74) is 0. The van der Waals surface area contributed by atoms with Gasteiger partial charge >= 0.3 is 0 Å². The van der Waals surface area contributed by atoms with Crippen LogP contribution < -0.4 is 10.2 Å². The lowest BCUT2D eigenvalue weighted by Crippen LogP contribution is -2.48. The number of piperazine rings is 1. The summed E-state index contributed by atoms with van der Waals surface area (Å²) in [4.78, 5) is 9.26. The van der Waals surface area contributed by atoms with E-state index in [2.05, 4.69) is 27.0 Å². The van der Waals surface area contributed by atoms with Crippen molar-refractivity contribution in [1.29, 1.82) is 0 Å². The van der Waals surface area contributed by atoms with Crippen molar-refractivity contribution in [2.75, 3.05) is 50.7 Å². The maximum atomic E-state index is 4.35. The van der Waals surface area contributed by atoms with Gasteiger partial charge in [-0.25, -0.2) is 4.98 Å². The largest absolute Gasteiger partial charge is 0.346 e. The highest BCUT2D eigenvalue weighted by Gasteiger charge is 2.17. The van der Waals surface area contributed by atoms with Crippen LogP contribution in [0.25, 0.3) is 0 Å². The van der Waals surface area contributed by atoms with Crippen molar-refractivity contribution in [2.24, 2.45) is 0 Å². The number of aromatic nitrogens is 1. The van der Waals surface area contributed by atoms with Crippen molar-refractivity contribution in [3.63, 3.8) is 0 Å². The Kier molecular flexibility index (Phi) is 4.56. The Morgan fingerprint density at radius 1 is 1.38 bits per heavy atom. The van der Waals surface area contributed by atoms with Crippen LogP contribution in [0.15, 0.2) is 11.6 Å². The zero-order chi connectivity index (χ0) is 11.2. The lowest BCUT2D eigenvalue weighted by molar-refractivity contribution is 0.258. The van der Waals surface area contributed by atoms with Crippen molar-refractivity contribution < 1.29 is 0 Å². The summed E-state index contributed by atoms with van der Waals surface area (Å²) < 4.78 is 0. The maximum Gasteiger partial charge on any atom is 0.185 e. The lowest BCUT2D eigenvalue weighted by Gasteiger charge is -2.34. The SMILES string of the molecule is CCNCCN1CCN(c2nccs2)CC1. The van der Waals surface area contributed by atoms with E-state index in [1.807, 2.05) is 11.6 Å². The molecule has 1 N–H and O–H groups in total. The topological polar surface area (TPSA) is 31.4 Å². The maximum absolute atomic E-state index is 4.35. The molecule has 0 spiro atoms. The van der Waals surface area contributed by atoms with Crippen LogP contribution in [0.4, 0.5) is 5.13 Å². The molecule has 1 aromatic rings. The van der Waals surface area contributed by atoms with Crippen LogP contribution >= 0.6 is 11.3 Å². The second-order valence-electron chi connectivity index (χ2n) is 4.00. The quantitative estimate of drug-likeness (QED) is 0.774. The molecule has 16 heavy (non-hydrogen) atoms. The molecule has 1 aliphatic rings. The summed E-state index contributed by atoms with van der Waals surface area (Å²) in [6.07, 6.45) is 1.89. The Labute approximate surface area is 101 Å². The summed E-state index contributed by atoms with van der Waals surface area (Å²) in [6, 6.07) is 0. The smallest absolute Gasteiger partial charge is 0.185 e. The van der Waals surface area contributed by atoms with Gasteiger partial charge in [-0.05, 0) is 6.54 Å². The minimum atomic E-state index is 1.07. The van der Waals surface area contributed by atoms with E-state index < -0.39 is 0 Å². The number of nitrogens with one attached hydrogen (secondary N) is 1. The summed E-state index contributed by atoms with van der Waals surface area (Å²) >= 11 is 1.74. The molecule has 0 atom stereocenters. The first-order valence-corrected chi connectivity index (χ1v) is 6.85. The molecule has 1 saturated heterocycles. The fourth-order valence-corrected chi connectivity index (χ4v) is 2.65. The second-order valence-corrected chi connectivity index (χ2v) is 4.87. The van der Waals surface area contributed by atoms with Crippen molar-refractivity contribution in [3.05, 3.63) is 11.6 Å². The molecule has 0 aromatic carbocycles. The Hall–Kier alpha value is -0.650. The molecule has 0 saturated carbocycles. The van der Waals surface area contributed by atoms with Crippen LogP contribution in [0.5, 0.6) is 0 Å². The van der Waals surface area contributed by atoms with Gasteiger partial charge in [0.05, 0.1) is 0 Å². The summed E-state index contributed by atoms with van der Waals surface area (Å²) in [7, 11) is 0. The second kappa shape index (κ2) is 6.18. The van der Waals surface area contributed by atoms with Crippen LogP contribution in [0.1, 0.15) is 6.92 Å². The van der Waals surface area contributed by atoms with Crippen molar-refractivity contribution >= 4 is 16.5 Å². The molecular weight excluding hydrogens is 220 g/mol. The Balaban J connectivity index is 1.70. The molecule has 1 aromatic heterocycles. The van der Waals surface area contributed by atoms with Gasteiger partial charge in [-0.1, -0.05) is 6.92 Å². The molecule has 1 fully saturated rings. The van der Waals surface area contributed by atoms with E-state index in [9.17, 15) is 0 Å². The van der Waals surface area contributed by atoms with Gasteiger partial charge in [0.2, 0.25) is 0 Å².